The second-order valence-electron chi connectivity index (χ2n) is 7.54. The number of carbonyl (C=O) groups excluding carboxylic acids is 2. The van der Waals surface area contributed by atoms with Crippen LogP contribution in [0.2, 0.25) is 0 Å². The normalized spacial score (nSPS) is 11.0. The molecule has 7 nitrogen and oxygen atoms in total. The van der Waals surface area contributed by atoms with Crippen molar-refractivity contribution in [1.29, 1.82) is 0 Å². The van der Waals surface area contributed by atoms with Gasteiger partial charge in [0, 0.05) is 20.1 Å². The van der Waals surface area contributed by atoms with Crippen molar-refractivity contribution in [2.75, 3.05) is 13.2 Å². The Morgan fingerprint density at radius 2 is 1.78 bits per heavy atom. The van der Waals surface area contributed by atoms with Gasteiger partial charge < -0.3 is 9.47 Å². The average molecular weight is 705 g/mol. The number of esters is 1. The minimum atomic E-state index is -0.457. The number of benzene rings is 3. The van der Waals surface area contributed by atoms with E-state index >= 15 is 0 Å². The van der Waals surface area contributed by atoms with Gasteiger partial charge in [0.05, 0.1) is 33.2 Å². The van der Waals surface area contributed by atoms with E-state index in [1.165, 1.54) is 6.21 Å². The Balaban J connectivity index is 1.60. The summed E-state index contributed by atoms with van der Waals surface area (Å²) in [5.41, 5.74) is 6.04. The lowest BCUT2D eigenvalue weighted by Crippen LogP contribution is -2.19. The predicted molar refractivity (Wildman–Crippen MR) is 156 cm³/mol. The molecular weight excluding hydrogens is 684 g/mol. The highest BCUT2D eigenvalue weighted by Crippen LogP contribution is 2.28. The summed E-state index contributed by atoms with van der Waals surface area (Å²) in [7, 11) is 0. The van der Waals surface area contributed by atoms with Gasteiger partial charge in [-0.15, -0.1) is 0 Å². The number of pyridine rings is 1. The highest BCUT2D eigenvalue weighted by Gasteiger charge is 2.15. The van der Waals surface area contributed by atoms with Gasteiger partial charge in [-0.25, -0.2) is 15.2 Å². The Labute approximate surface area is 235 Å². The first kappa shape index (κ1) is 26.0. The second-order valence-corrected chi connectivity index (χ2v) is 9.94. The summed E-state index contributed by atoms with van der Waals surface area (Å²) < 4.78 is 12.4. The van der Waals surface area contributed by atoms with E-state index in [0.29, 0.717) is 22.6 Å². The lowest BCUT2D eigenvalue weighted by molar-refractivity contribution is -0.145. The van der Waals surface area contributed by atoms with Crippen LogP contribution in [0, 0.1) is 7.14 Å². The van der Waals surface area contributed by atoms with E-state index in [1.807, 2.05) is 66.7 Å². The van der Waals surface area contributed by atoms with Crippen LogP contribution in [0.4, 0.5) is 0 Å². The maximum absolute atomic E-state index is 13.2. The molecule has 0 saturated heterocycles. The first-order valence-electron chi connectivity index (χ1n) is 11.0. The number of ether oxygens (including phenoxy) is 2. The molecule has 0 unspecified atom stereocenters. The van der Waals surface area contributed by atoms with Crippen molar-refractivity contribution >= 4 is 74.2 Å². The number of aromatic nitrogens is 1. The van der Waals surface area contributed by atoms with Gasteiger partial charge in [-0.05, 0) is 76.4 Å². The molecule has 1 aromatic heterocycles. The number of carbonyl (C=O) groups is 2. The molecule has 0 fully saturated rings. The zero-order chi connectivity index (χ0) is 25.5. The smallest absolute Gasteiger partial charge is 0.344 e. The Bertz CT molecular complexity index is 1440. The lowest BCUT2D eigenvalue weighted by atomic mass is 10.0. The van der Waals surface area contributed by atoms with Crippen LogP contribution in [-0.4, -0.2) is 36.3 Å². The Hall–Kier alpha value is -3.06. The van der Waals surface area contributed by atoms with Gasteiger partial charge in [0.15, 0.2) is 6.61 Å². The number of hydrogen-bond donors (Lipinski definition) is 1. The summed E-state index contributed by atoms with van der Waals surface area (Å²) >= 11 is 4.32. The topological polar surface area (TPSA) is 89.9 Å². The maximum Gasteiger partial charge on any atom is 0.344 e. The summed E-state index contributed by atoms with van der Waals surface area (Å²) in [6, 6.07) is 22.7. The second kappa shape index (κ2) is 12.3. The number of amides is 1. The van der Waals surface area contributed by atoms with Crippen molar-refractivity contribution in [3.63, 3.8) is 0 Å². The van der Waals surface area contributed by atoms with Crippen molar-refractivity contribution in [2.24, 2.45) is 5.10 Å². The molecule has 36 heavy (non-hydrogen) atoms. The highest BCUT2D eigenvalue weighted by atomic mass is 127. The molecule has 0 aliphatic carbocycles. The maximum atomic E-state index is 13.2. The Morgan fingerprint density at radius 3 is 2.56 bits per heavy atom. The third kappa shape index (κ3) is 6.38. The number of nitrogens with one attached hydrogen (secondary N) is 1. The van der Waals surface area contributed by atoms with Gasteiger partial charge in [0.25, 0.3) is 5.91 Å². The third-order valence-electron chi connectivity index (χ3n) is 5.08. The number of rotatable bonds is 8. The van der Waals surface area contributed by atoms with Crippen LogP contribution >= 0.6 is 45.2 Å². The molecule has 0 saturated carbocycles. The average Bonchev–Trinajstić information content (AvgIpc) is 2.88. The highest BCUT2D eigenvalue weighted by molar-refractivity contribution is 14.1. The molecule has 4 aromatic rings. The van der Waals surface area contributed by atoms with Gasteiger partial charge in [-0.2, -0.15) is 5.10 Å². The van der Waals surface area contributed by atoms with Gasteiger partial charge in [-0.3, -0.25) is 4.79 Å². The van der Waals surface area contributed by atoms with Crippen molar-refractivity contribution in [1.82, 2.24) is 10.4 Å². The number of para-hydroxylation sites is 1. The molecule has 0 bridgehead atoms. The number of hydrazone groups is 1. The molecular formula is C27H21I2N3O4. The molecule has 182 valence electrons. The van der Waals surface area contributed by atoms with Crippen LogP contribution < -0.4 is 10.2 Å². The van der Waals surface area contributed by atoms with E-state index in [2.05, 4.69) is 55.7 Å². The fourth-order valence-electron chi connectivity index (χ4n) is 3.50. The van der Waals surface area contributed by atoms with Crippen molar-refractivity contribution in [3.8, 4) is 17.0 Å². The van der Waals surface area contributed by atoms with Crippen molar-refractivity contribution in [3.05, 3.63) is 91.1 Å². The zero-order valence-corrected chi connectivity index (χ0v) is 23.5. The van der Waals surface area contributed by atoms with Crippen LogP contribution in [-0.2, 0) is 9.53 Å². The van der Waals surface area contributed by atoms with E-state index < -0.39 is 5.97 Å². The summed E-state index contributed by atoms with van der Waals surface area (Å²) in [5.74, 6) is -0.332. The standard InChI is InChI=1S/C27H21I2N3O4/c1-2-35-25(33)16-36-26-18(12-19(28)13-22(26)29)15-30-32-27(34)21-14-24(17-8-4-3-5-9-17)31-23-11-7-6-10-20(21)23/h3-15H,2,16H2,1H3,(H,32,34)/b30-15-. The SMILES string of the molecule is CCOC(=O)COc1c(I)cc(I)cc1/C=N\NC(=O)c1cc(-c2ccccc2)nc2ccccc12. The van der Waals surface area contributed by atoms with Crippen LogP contribution in [0.25, 0.3) is 22.2 Å². The molecule has 1 N–H and O–H groups in total. The first-order valence-corrected chi connectivity index (χ1v) is 13.2. The van der Waals surface area contributed by atoms with E-state index in [-0.39, 0.29) is 19.1 Å². The third-order valence-corrected chi connectivity index (χ3v) is 6.50. The molecule has 0 atom stereocenters. The van der Waals surface area contributed by atoms with E-state index in [0.717, 1.165) is 23.6 Å². The predicted octanol–water partition coefficient (Wildman–Crippen LogP) is 5.82. The van der Waals surface area contributed by atoms with E-state index in [1.54, 1.807) is 13.0 Å². The molecule has 9 heteroatoms. The monoisotopic (exact) mass is 705 g/mol. The molecule has 0 radical (unpaired) electrons. The zero-order valence-electron chi connectivity index (χ0n) is 19.2. The summed E-state index contributed by atoms with van der Waals surface area (Å²) in [6.45, 7) is 1.80. The van der Waals surface area contributed by atoms with Gasteiger partial charge in [0.2, 0.25) is 0 Å². The van der Waals surface area contributed by atoms with Crippen LogP contribution in [0.3, 0.4) is 0 Å². The minimum absolute atomic E-state index is 0.219. The fraction of sp³-hybridized carbons (Fsp3) is 0.111. The van der Waals surface area contributed by atoms with Gasteiger partial charge in [0.1, 0.15) is 5.75 Å². The van der Waals surface area contributed by atoms with Crippen molar-refractivity contribution in [2.45, 2.75) is 6.92 Å². The number of hydrogen-bond acceptors (Lipinski definition) is 6. The van der Waals surface area contributed by atoms with Gasteiger partial charge >= 0.3 is 5.97 Å². The van der Waals surface area contributed by atoms with E-state index in [4.69, 9.17) is 14.5 Å². The molecule has 0 aliphatic rings. The van der Waals surface area contributed by atoms with Crippen molar-refractivity contribution < 1.29 is 19.1 Å². The quantitative estimate of drug-likeness (QED) is 0.108. The molecule has 1 amide bonds. The molecule has 4 rings (SSSR count). The van der Waals surface area contributed by atoms with Crippen LogP contribution in [0.15, 0.2) is 77.9 Å². The summed E-state index contributed by atoms with van der Waals surface area (Å²) in [4.78, 5) is 29.7. The number of fused-ring (bicyclic) bond motifs is 1. The summed E-state index contributed by atoms with van der Waals surface area (Å²) in [5, 5.41) is 4.91. The minimum Gasteiger partial charge on any atom is -0.480 e. The number of halogens is 2. The lowest BCUT2D eigenvalue weighted by Gasteiger charge is -2.12. The largest absolute Gasteiger partial charge is 0.480 e. The number of nitrogens with zero attached hydrogens (tertiary/aromatic N) is 2. The van der Waals surface area contributed by atoms with Crippen LogP contribution in [0.5, 0.6) is 5.75 Å². The fourth-order valence-corrected chi connectivity index (χ4v) is 5.55. The molecule has 0 aliphatic heterocycles. The van der Waals surface area contributed by atoms with Gasteiger partial charge in [-0.1, -0.05) is 48.5 Å². The first-order chi connectivity index (χ1) is 17.5. The molecule has 0 spiro atoms. The Morgan fingerprint density at radius 1 is 1.03 bits per heavy atom. The Kier molecular flexibility index (Phi) is 8.86. The van der Waals surface area contributed by atoms with Crippen LogP contribution in [0.1, 0.15) is 22.8 Å². The van der Waals surface area contributed by atoms with E-state index in [9.17, 15) is 9.59 Å². The molecule has 3 aromatic carbocycles. The summed E-state index contributed by atoms with van der Waals surface area (Å²) in [6.07, 6.45) is 1.50. The molecule has 1 heterocycles.